The average molecular weight is 427 g/mol. The molecule has 158 valence electrons. The van der Waals surface area contributed by atoms with Crippen LogP contribution < -0.4 is 5.56 Å². The van der Waals surface area contributed by atoms with Gasteiger partial charge in [-0.2, -0.15) is 5.10 Å². The third-order valence-corrected chi connectivity index (χ3v) is 6.67. The van der Waals surface area contributed by atoms with E-state index in [4.69, 9.17) is 4.98 Å². The van der Waals surface area contributed by atoms with Gasteiger partial charge in [-0.25, -0.2) is 9.37 Å². The third-order valence-electron chi connectivity index (χ3n) is 5.76. The van der Waals surface area contributed by atoms with E-state index in [1.165, 1.54) is 56.0 Å². The first-order valence-corrected chi connectivity index (χ1v) is 11.7. The Morgan fingerprint density at radius 3 is 2.80 bits per heavy atom. The van der Waals surface area contributed by atoms with Crippen LogP contribution in [0.1, 0.15) is 56.0 Å². The van der Waals surface area contributed by atoms with E-state index in [9.17, 15) is 9.18 Å². The van der Waals surface area contributed by atoms with Crippen molar-refractivity contribution in [2.45, 2.75) is 62.8 Å². The molecule has 1 aliphatic carbocycles. The summed E-state index contributed by atoms with van der Waals surface area (Å²) in [4.78, 5) is 20.3. The molecule has 0 unspecified atom stereocenters. The predicted octanol–water partition coefficient (Wildman–Crippen LogP) is 5.28. The molecule has 0 spiro atoms. The van der Waals surface area contributed by atoms with Crippen LogP contribution >= 0.6 is 11.8 Å². The summed E-state index contributed by atoms with van der Waals surface area (Å²) in [6.07, 6.45) is 7.95. The zero-order valence-electron chi connectivity index (χ0n) is 17.2. The van der Waals surface area contributed by atoms with Crippen LogP contribution in [-0.2, 0) is 18.6 Å². The Kier molecular flexibility index (Phi) is 6.67. The number of halogens is 1. The number of benzene rings is 1. The van der Waals surface area contributed by atoms with Gasteiger partial charge < -0.3 is 4.98 Å². The molecule has 1 aromatic carbocycles. The summed E-state index contributed by atoms with van der Waals surface area (Å²) in [5.74, 6) is 0.931. The Bertz CT molecular complexity index is 1060. The van der Waals surface area contributed by atoms with Crippen LogP contribution in [0.3, 0.4) is 0 Å². The SMILES string of the molecule is CCc1c(CC2CCCCC2)nc(SCc2cc(-c3cccc(F)c3)[nH]n2)[nH]c1=O. The Morgan fingerprint density at radius 1 is 1.20 bits per heavy atom. The lowest BCUT2D eigenvalue weighted by Gasteiger charge is -2.22. The molecule has 1 aliphatic rings. The molecule has 0 saturated heterocycles. The van der Waals surface area contributed by atoms with Gasteiger partial charge >= 0.3 is 0 Å². The van der Waals surface area contributed by atoms with Crippen molar-refractivity contribution in [3.63, 3.8) is 0 Å². The molecule has 7 heteroatoms. The minimum atomic E-state index is -0.277. The molecule has 0 aliphatic heterocycles. The molecule has 2 heterocycles. The molecule has 1 fully saturated rings. The summed E-state index contributed by atoms with van der Waals surface area (Å²) in [7, 11) is 0. The van der Waals surface area contributed by atoms with Gasteiger partial charge in [0, 0.05) is 16.9 Å². The normalized spacial score (nSPS) is 14.9. The fraction of sp³-hybridized carbons (Fsp3) is 0.435. The van der Waals surface area contributed by atoms with Crippen LogP contribution in [0.4, 0.5) is 4.39 Å². The fourth-order valence-corrected chi connectivity index (χ4v) is 4.94. The predicted molar refractivity (Wildman–Crippen MR) is 118 cm³/mol. The van der Waals surface area contributed by atoms with E-state index in [2.05, 4.69) is 15.2 Å². The van der Waals surface area contributed by atoms with E-state index in [-0.39, 0.29) is 11.4 Å². The second-order valence-corrected chi connectivity index (χ2v) is 8.89. The van der Waals surface area contributed by atoms with E-state index in [1.807, 2.05) is 19.1 Å². The first-order chi connectivity index (χ1) is 14.6. The van der Waals surface area contributed by atoms with Gasteiger partial charge in [-0.15, -0.1) is 0 Å². The zero-order chi connectivity index (χ0) is 20.9. The summed E-state index contributed by atoms with van der Waals surface area (Å²) in [5.41, 5.74) is 4.10. The lowest BCUT2D eigenvalue weighted by Crippen LogP contribution is -2.21. The van der Waals surface area contributed by atoms with Crippen molar-refractivity contribution in [2.24, 2.45) is 5.92 Å². The Hall–Kier alpha value is -2.41. The van der Waals surface area contributed by atoms with E-state index < -0.39 is 0 Å². The van der Waals surface area contributed by atoms with Crippen LogP contribution in [0.15, 0.2) is 40.3 Å². The molecule has 4 rings (SSSR count). The minimum absolute atomic E-state index is 0.0247. The summed E-state index contributed by atoms with van der Waals surface area (Å²) >= 11 is 1.47. The number of thioether (sulfide) groups is 1. The number of hydrogen-bond donors (Lipinski definition) is 2. The molecule has 5 nitrogen and oxygen atoms in total. The molecule has 0 amide bonds. The van der Waals surface area contributed by atoms with Crippen LogP contribution in [0.25, 0.3) is 11.3 Å². The van der Waals surface area contributed by atoms with Crippen molar-refractivity contribution in [3.8, 4) is 11.3 Å². The van der Waals surface area contributed by atoms with E-state index >= 15 is 0 Å². The highest BCUT2D eigenvalue weighted by Crippen LogP contribution is 2.28. The van der Waals surface area contributed by atoms with Gasteiger partial charge in [0.1, 0.15) is 5.82 Å². The fourth-order valence-electron chi connectivity index (χ4n) is 4.17. The number of aromatic amines is 2. The van der Waals surface area contributed by atoms with Crippen molar-refractivity contribution in [3.05, 3.63) is 63.5 Å². The summed E-state index contributed by atoms with van der Waals surface area (Å²) in [5, 5.41) is 7.92. The average Bonchev–Trinajstić information content (AvgIpc) is 3.22. The van der Waals surface area contributed by atoms with E-state index in [1.54, 1.807) is 6.07 Å². The summed E-state index contributed by atoms with van der Waals surface area (Å²) in [6.45, 7) is 2.01. The third kappa shape index (κ3) is 5.01. The second kappa shape index (κ2) is 9.60. The van der Waals surface area contributed by atoms with Crippen molar-refractivity contribution < 1.29 is 4.39 Å². The van der Waals surface area contributed by atoms with Gasteiger partial charge in [0.15, 0.2) is 5.16 Å². The highest BCUT2D eigenvalue weighted by Gasteiger charge is 2.18. The highest BCUT2D eigenvalue weighted by molar-refractivity contribution is 7.98. The van der Waals surface area contributed by atoms with E-state index in [0.29, 0.717) is 23.2 Å². The lowest BCUT2D eigenvalue weighted by molar-refractivity contribution is 0.352. The van der Waals surface area contributed by atoms with Gasteiger partial charge in [-0.05, 0) is 37.0 Å². The Morgan fingerprint density at radius 2 is 2.03 bits per heavy atom. The smallest absolute Gasteiger partial charge is 0.254 e. The van der Waals surface area contributed by atoms with Gasteiger partial charge in [-0.3, -0.25) is 9.89 Å². The lowest BCUT2D eigenvalue weighted by atomic mass is 9.85. The van der Waals surface area contributed by atoms with Crippen LogP contribution in [0.5, 0.6) is 0 Å². The standard InChI is InChI=1S/C23H27FN4OS/c1-2-19-21(11-15-7-4-3-5-8-15)25-23(26-22(19)29)30-14-18-13-20(28-27-18)16-9-6-10-17(24)12-16/h6,9-10,12-13,15H,2-5,7-8,11,14H2,1H3,(H,27,28)(H,25,26,29). The summed E-state index contributed by atoms with van der Waals surface area (Å²) < 4.78 is 13.5. The van der Waals surface area contributed by atoms with Crippen LogP contribution in [0.2, 0.25) is 0 Å². The first-order valence-electron chi connectivity index (χ1n) is 10.7. The number of nitrogens with zero attached hydrogens (tertiary/aromatic N) is 2. The maximum Gasteiger partial charge on any atom is 0.254 e. The molecule has 2 aromatic heterocycles. The molecular weight excluding hydrogens is 399 g/mol. The minimum Gasteiger partial charge on any atom is -0.301 e. The van der Waals surface area contributed by atoms with Crippen molar-refractivity contribution in [2.75, 3.05) is 0 Å². The molecule has 0 radical (unpaired) electrons. The van der Waals surface area contributed by atoms with Gasteiger partial charge in [-0.1, -0.05) is 62.9 Å². The number of nitrogens with one attached hydrogen (secondary N) is 2. The second-order valence-electron chi connectivity index (χ2n) is 7.93. The molecule has 30 heavy (non-hydrogen) atoms. The highest BCUT2D eigenvalue weighted by atomic mass is 32.2. The summed E-state index contributed by atoms with van der Waals surface area (Å²) in [6, 6.07) is 8.32. The first kappa shape index (κ1) is 20.8. The molecule has 1 saturated carbocycles. The zero-order valence-corrected chi connectivity index (χ0v) is 18.0. The van der Waals surface area contributed by atoms with Crippen LogP contribution in [-0.4, -0.2) is 20.2 Å². The molecule has 3 aromatic rings. The van der Waals surface area contributed by atoms with Crippen LogP contribution in [0, 0.1) is 11.7 Å². The van der Waals surface area contributed by atoms with Gasteiger partial charge in [0.2, 0.25) is 0 Å². The number of aromatic nitrogens is 4. The molecule has 0 atom stereocenters. The van der Waals surface area contributed by atoms with Crippen molar-refractivity contribution in [1.29, 1.82) is 0 Å². The number of hydrogen-bond acceptors (Lipinski definition) is 4. The van der Waals surface area contributed by atoms with E-state index in [0.717, 1.165) is 34.6 Å². The Balaban J connectivity index is 1.47. The maximum atomic E-state index is 13.5. The van der Waals surface area contributed by atoms with Crippen molar-refractivity contribution in [1.82, 2.24) is 20.2 Å². The monoisotopic (exact) mass is 426 g/mol. The quantitative estimate of drug-likeness (QED) is 0.398. The van der Waals surface area contributed by atoms with Gasteiger partial charge in [0.05, 0.1) is 17.1 Å². The number of H-pyrrole nitrogens is 2. The largest absolute Gasteiger partial charge is 0.301 e. The Labute approximate surface area is 179 Å². The number of rotatable bonds is 7. The van der Waals surface area contributed by atoms with Gasteiger partial charge in [0.25, 0.3) is 5.56 Å². The molecular formula is C23H27FN4OS. The molecule has 2 N–H and O–H groups in total. The molecule has 0 bridgehead atoms. The topological polar surface area (TPSA) is 74.4 Å². The maximum absolute atomic E-state index is 13.5. The van der Waals surface area contributed by atoms with Crippen molar-refractivity contribution >= 4 is 11.8 Å².